The average Bonchev–Trinajstić information content (AvgIpc) is 3.29. The second-order valence-electron chi connectivity index (χ2n) is 7.09. The Morgan fingerprint density at radius 1 is 0.970 bits per heavy atom. The number of ether oxygens (including phenoxy) is 3. The zero-order chi connectivity index (χ0) is 24.0. The van der Waals surface area contributed by atoms with Gasteiger partial charge in [0.2, 0.25) is 0 Å². The summed E-state index contributed by atoms with van der Waals surface area (Å²) in [7, 11) is 4.71. The number of carbonyl (C=O) groups excluding carboxylic acids is 1. The predicted octanol–water partition coefficient (Wildman–Crippen LogP) is 5.15. The van der Waals surface area contributed by atoms with Gasteiger partial charge in [-0.1, -0.05) is 13.0 Å². The van der Waals surface area contributed by atoms with Crippen LogP contribution in [0.1, 0.15) is 29.4 Å². The van der Waals surface area contributed by atoms with Crippen LogP contribution in [0, 0.1) is 12.7 Å². The summed E-state index contributed by atoms with van der Waals surface area (Å²) in [6.45, 7) is 3.53. The van der Waals surface area contributed by atoms with E-state index in [0.717, 1.165) is 11.3 Å². The third kappa shape index (κ3) is 5.28. The van der Waals surface area contributed by atoms with Crippen LogP contribution in [-0.2, 0) is 0 Å². The van der Waals surface area contributed by atoms with Crippen LogP contribution in [0.15, 0.2) is 54.7 Å². The third-order valence-electron chi connectivity index (χ3n) is 5.02. The number of rotatable bonds is 6. The molecule has 2 aromatic carbocycles. The lowest BCUT2D eigenvalue weighted by atomic mass is 10.1. The fourth-order valence-electron chi connectivity index (χ4n) is 3.13. The van der Waals surface area contributed by atoms with Crippen molar-refractivity contribution < 1.29 is 23.4 Å². The molecular formula is C25H26FN3O4. The molecule has 7 nitrogen and oxygen atoms in total. The van der Waals surface area contributed by atoms with Gasteiger partial charge in [-0.05, 0) is 42.8 Å². The highest BCUT2D eigenvalue weighted by Gasteiger charge is 2.14. The number of aryl methyl sites for hydroxylation is 1. The zero-order valence-electron chi connectivity index (χ0n) is 19.3. The predicted molar refractivity (Wildman–Crippen MR) is 124 cm³/mol. The van der Waals surface area contributed by atoms with E-state index in [1.54, 1.807) is 50.1 Å². The Bertz CT molecular complexity index is 1270. The maximum atomic E-state index is 12.7. The van der Waals surface area contributed by atoms with Crippen molar-refractivity contribution in [3.63, 3.8) is 0 Å². The number of ketones is 1. The summed E-state index contributed by atoms with van der Waals surface area (Å²) in [6.07, 6.45) is 2.11. The molecule has 2 aromatic heterocycles. The summed E-state index contributed by atoms with van der Waals surface area (Å²) in [5, 5.41) is 4.39. The SMILES string of the molecule is CCC(=O)c1cc2nccc(-c3ccc(OC)c(OC)c3)n2n1.COc1ccc(C)c(F)c1. The van der Waals surface area contributed by atoms with Crippen molar-refractivity contribution in [2.24, 2.45) is 0 Å². The molecule has 0 N–H and O–H groups in total. The molecule has 172 valence electrons. The molecule has 0 atom stereocenters. The average molecular weight is 451 g/mol. The zero-order valence-corrected chi connectivity index (χ0v) is 19.3. The summed E-state index contributed by atoms with van der Waals surface area (Å²) in [5.41, 5.74) is 3.42. The first-order valence-corrected chi connectivity index (χ1v) is 10.3. The Balaban J connectivity index is 0.000000257. The first-order valence-electron chi connectivity index (χ1n) is 10.3. The lowest BCUT2D eigenvalue weighted by Gasteiger charge is -2.10. The van der Waals surface area contributed by atoms with Crippen LogP contribution >= 0.6 is 0 Å². The van der Waals surface area contributed by atoms with E-state index in [0.29, 0.717) is 40.6 Å². The van der Waals surface area contributed by atoms with Crippen LogP contribution < -0.4 is 14.2 Å². The van der Waals surface area contributed by atoms with E-state index in [4.69, 9.17) is 14.2 Å². The Hall–Kier alpha value is -3.94. The van der Waals surface area contributed by atoms with Gasteiger partial charge in [0.15, 0.2) is 22.9 Å². The number of Topliss-reactive ketones (excluding diaryl/α,β-unsaturated/α-hetero) is 1. The van der Waals surface area contributed by atoms with E-state index in [9.17, 15) is 9.18 Å². The highest BCUT2D eigenvalue weighted by Crippen LogP contribution is 2.32. The molecule has 4 rings (SSSR count). The maximum Gasteiger partial charge on any atom is 0.182 e. The monoisotopic (exact) mass is 451 g/mol. The van der Waals surface area contributed by atoms with Gasteiger partial charge in [0.05, 0.1) is 27.0 Å². The van der Waals surface area contributed by atoms with Gasteiger partial charge in [-0.15, -0.1) is 0 Å². The second-order valence-corrected chi connectivity index (χ2v) is 7.09. The van der Waals surface area contributed by atoms with Gasteiger partial charge in [-0.25, -0.2) is 13.9 Å². The summed E-state index contributed by atoms with van der Waals surface area (Å²) >= 11 is 0. The van der Waals surface area contributed by atoms with Gasteiger partial charge >= 0.3 is 0 Å². The van der Waals surface area contributed by atoms with Crippen LogP contribution in [0.4, 0.5) is 4.39 Å². The number of fused-ring (bicyclic) bond motifs is 1. The van der Waals surface area contributed by atoms with E-state index in [-0.39, 0.29) is 11.6 Å². The van der Waals surface area contributed by atoms with Crippen molar-refractivity contribution in [1.29, 1.82) is 0 Å². The lowest BCUT2D eigenvalue weighted by Crippen LogP contribution is -2.00. The quantitative estimate of drug-likeness (QED) is 0.378. The Morgan fingerprint density at radius 2 is 1.73 bits per heavy atom. The minimum Gasteiger partial charge on any atom is -0.497 e. The molecule has 0 aliphatic rings. The number of hydrogen-bond donors (Lipinski definition) is 0. The molecule has 0 aliphatic heterocycles. The molecule has 8 heteroatoms. The normalized spacial score (nSPS) is 10.4. The molecule has 0 saturated heterocycles. The minimum absolute atomic E-state index is 0.00578. The van der Waals surface area contributed by atoms with E-state index in [2.05, 4.69) is 10.1 Å². The van der Waals surface area contributed by atoms with Gasteiger partial charge in [0, 0.05) is 30.3 Å². The second kappa shape index (κ2) is 10.6. The third-order valence-corrected chi connectivity index (χ3v) is 5.02. The Morgan fingerprint density at radius 3 is 2.36 bits per heavy atom. The van der Waals surface area contributed by atoms with Gasteiger partial charge in [0.25, 0.3) is 0 Å². The largest absolute Gasteiger partial charge is 0.497 e. The molecule has 2 heterocycles. The number of benzene rings is 2. The van der Waals surface area contributed by atoms with E-state index in [1.807, 2.05) is 31.2 Å². The molecule has 0 aliphatic carbocycles. The van der Waals surface area contributed by atoms with Crippen LogP contribution in [0.5, 0.6) is 17.2 Å². The maximum absolute atomic E-state index is 12.7. The number of carbonyl (C=O) groups is 1. The van der Waals surface area contributed by atoms with Crippen molar-refractivity contribution in [3.05, 3.63) is 71.8 Å². The van der Waals surface area contributed by atoms with Gasteiger partial charge in [-0.3, -0.25) is 4.79 Å². The first-order chi connectivity index (χ1) is 15.9. The molecule has 0 unspecified atom stereocenters. The molecule has 0 saturated carbocycles. The van der Waals surface area contributed by atoms with Crippen LogP contribution in [0.25, 0.3) is 16.9 Å². The van der Waals surface area contributed by atoms with Gasteiger partial charge < -0.3 is 14.2 Å². The minimum atomic E-state index is -0.223. The number of aromatic nitrogens is 3. The van der Waals surface area contributed by atoms with Crippen molar-refractivity contribution in [2.75, 3.05) is 21.3 Å². The Kier molecular flexibility index (Phi) is 7.61. The molecule has 0 spiro atoms. The van der Waals surface area contributed by atoms with Crippen molar-refractivity contribution in [2.45, 2.75) is 20.3 Å². The molecular weight excluding hydrogens is 425 g/mol. The van der Waals surface area contributed by atoms with Crippen LogP contribution in [0.3, 0.4) is 0 Å². The number of halogens is 1. The molecule has 0 radical (unpaired) electrons. The molecule has 33 heavy (non-hydrogen) atoms. The molecule has 4 aromatic rings. The summed E-state index contributed by atoms with van der Waals surface area (Å²) in [4.78, 5) is 16.1. The smallest absolute Gasteiger partial charge is 0.182 e. The summed E-state index contributed by atoms with van der Waals surface area (Å²) < 4.78 is 29.8. The molecule has 0 amide bonds. The molecule has 0 fully saturated rings. The van der Waals surface area contributed by atoms with Crippen LogP contribution in [-0.4, -0.2) is 41.7 Å². The van der Waals surface area contributed by atoms with Crippen molar-refractivity contribution >= 4 is 11.4 Å². The van der Waals surface area contributed by atoms with E-state index in [1.165, 1.54) is 13.2 Å². The molecule has 0 bridgehead atoms. The fourth-order valence-corrected chi connectivity index (χ4v) is 3.13. The fraction of sp³-hybridized carbons (Fsp3) is 0.240. The van der Waals surface area contributed by atoms with Crippen molar-refractivity contribution in [1.82, 2.24) is 14.6 Å². The Labute approximate surface area is 191 Å². The number of methoxy groups -OCH3 is 3. The van der Waals surface area contributed by atoms with Gasteiger partial charge in [0.1, 0.15) is 17.3 Å². The van der Waals surface area contributed by atoms with Crippen LogP contribution in [0.2, 0.25) is 0 Å². The van der Waals surface area contributed by atoms with Gasteiger partial charge in [-0.2, -0.15) is 5.10 Å². The number of nitrogens with zero attached hydrogens (tertiary/aromatic N) is 3. The highest BCUT2D eigenvalue weighted by atomic mass is 19.1. The lowest BCUT2D eigenvalue weighted by molar-refractivity contribution is 0.0983. The van der Waals surface area contributed by atoms with E-state index >= 15 is 0 Å². The summed E-state index contributed by atoms with van der Waals surface area (Å²) in [5.74, 6) is 1.62. The highest BCUT2D eigenvalue weighted by molar-refractivity contribution is 5.95. The standard InChI is InChI=1S/C17H17N3O3.C8H9FO/c1-4-14(21)12-10-17-18-8-7-13(20(17)19-12)11-5-6-15(22-2)16(9-11)23-3;1-6-3-4-7(10-2)5-8(6)9/h5-10H,4H2,1-3H3;3-5H,1-2H3. The van der Waals surface area contributed by atoms with E-state index < -0.39 is 0 Å². The topological polar surface area (TPSA) is 75.0 Å². The van der Waals surface area contributed by atoms with Crippen molar-refractivity contribution in [3.8, 4) is 28.5 Å². The summed E-state index contributed by atoms with van der Waals surface area (Å²) in [6, 6.07) is 14.0. The first kappa shape index (κ1) is 23.7. The number of hydrogen-bond acceptors (Lipinski definition) is 6.